The fraction of sp³-hybridized carbons (Fsp3) is 0.0455. The molecule has 9 heteroatoms. The molecule has 0 fully saturated rings. The van der Waals surface area contributed by atoms with Crippen LogP contribution in [0, 0.1) is 10.1 Å². The predicted octanol–water partition coefficient (Wildman–Crippen LogP) is 3.79. The van der Waals surface area contributed by atoms with Crippen molar-refractivity contribution >= 4 is 22.4 Å². The Morgan fingerprint density at radius 1 is 0.935 bits per heavy atom. The molecule has 0 radical (unpaired) electrons. The molecule has 5 rings (SSSR count). The standard InChI is InChI=1S/C22H15N5O4/c28-20-18-8-4-5-9-19(18)26-22(23-21(24-26)31-17-6-2-1-3-7-17)25(20)14-15-10-12-16(13-11-15)27(29)30/h1-13H,14H2. The van der Waals surface area contributed by atoms with Gasteiger partial charge in [-0.1, -0.05) is 42.5 Å². The van der Waals surface area contributed by atoms with Gasteiger partial charge < -0.3 is 4.74 Å². The number of nitrogens with zero attached hydrogens (tertiary/aromatic N) is 5. The van der Waals surface area contributed by atoms with Crippen LogP contribution < -0.4 is 10.3 Å². The van der Waals surface area contributed by atoms with Crippen molar-refractivity contribution in [1.82, 2.24) is 19.2 Å². The highest BCUT2D eigenvalue weighted by Gasteiger charge is 2.17. The van der Waals surface area contributed by atoms with Crippen LogP contribution in [0.1, 0.15) is 5.56 Å². The zero-order valence-electron chi connectivity index (χ0n) is 16.1. The highest BCUT2D eigenvalue weighted by atomic mass is 16.6. The third kappa shape index (κ3) is 3.38. The maximum Gasteiger partial charge on any atom is 0.343 e. The van der Waals surface area contributed by atoms with Crippen LogP contribution in [0.4, 0.5) is 5.69 Å². The maximum absolute atomic E-state index is 13.2. The number of hydrogen-bond acceptors (Lipinski definition) is 6. The van der Waals surface area contributed by atoms with Gasteiger partial charge in [-0.15, -0.1) is 5.10 Å². The highest BCUT2D eigenvalue weighted by Crippen LogP contribution is 2.21. The van der Waals surface area contributed by atoms with E-state index in [-0.39, 0.29) is 23.8 Å². The number of hydrogen-bond donors (Lipinski definition) is 0. The number of non-ortho nitro benzene ring substituents is 1. The monoisotopic (exact) mass is 413 g/mol. The van der Waals surface area contributed by atoms with Crippen molar-refractivity contribution in [1.29, 1.82) is 0 Å². The van der Waals surface area contributed by atoms with Crippen LogP contribution in [0.2, 0.25) is 0 Å². The molecule has 0 bridgehead atoms. The molecule has 5 aromatic rings. The molecule has 9 nitrogen and oxygen atoms in total. The number of nitro benzene ring substituents is 1. The summed E-state index contributed by atoms with van der Waals surface area (Å²) in [6, 6.07) is 22.4. The minimum absolute atomic E-state index is 0.0132. The molecule has 0 saturated heterocycles. The molecule has 31 heavy (non-hydrogen) atoms. The van der Waals surface area contributed by atoms with Gasteiger partial charge in [-0.2, -0.15) is 9.50 Å². The van der Waals surface area contributed by atoms with Crippen molar-refractivity contribution in [2.75, 3.05) is 0 Å². The van der Waals surface area contributed by atoms with Gasteiger partial charge >= 0.3 is 6.01 Å². The number of para-hydroxylation sites is 2. The predicted molar refractivity (Wildman–Crippen MR) is 113 cm³/mol. The van der Waals surface area contributed by atoms with Gasteiger partial charge in [-0.3, -0.25) is 19.5 Å². The van der Waals surface area contributed by atoms with E-state index >= 15 is 0 Å². The molecule has 0 saturated carbocycles. The first-order chi connectivity index (χ1) is 15.1. The van der Waals surface area contributed by atoms with Crippen LogP contribution >= 0.6 is 0 Å². The van der Waals surface area contributed by atoms with Gasteiger partial charge in [0, 0.05) is 12.1 Å². The van der Waals surface area contributed by atoms with E-state index in [1.54, 1.807) is 47.0 Å². The van der Waals surface area contributed by atoms with Crippen molar-refractivity contribution in [2.24, 2.45) is 0 Å². The van der Waals surface area contributed by atoms with Gasteiger partial charge in [0.2, 0.25) is 5.78 Å². The van der Waals surface area contributed by atoms with Gasteiger partial charge in [0.05, 0.1) is 22.4 Å². The minimum atomic E-state index is -0.462. The Hall–Kier alpha value is -4.53. The molecule has 2 heterocycles. The zero-order valence-corrected chi connectivity index (χ0v) is 16.1. The summed E-state index contributed by atoms with van der Waals surface area (Å²) in [4.78, 5) is 28.1. The van der Waals surface area contributed by atoms with Crippen LogP contribution in [-0.2, 0) is 6.54 Å². The molecule has 2 aromatic heterocycles. The molecule has 152 valence electrons. The summed E-state index contributed by atoms with van der Waals surface area (Å²) in [6.07, 6.45) is 0. The van der Waals surface area contributed by atoms with E-state index in [2.05, 4.69) is 10.1 Å². The number of aromatic nitrogens is 4. The second kappa shape index (κ2) is 7.38. The molecule has 0 aliphatic rings. The molecule has 0 N–H and O–H groups in total. The number of rotatable bonds is 5. The van der Waals surface area contributed by atoms with Crippen LogP contribution in [-0.4, -0.2) is 24.1 Å². The van der Waals surface area contributed by atoms with Gasteiger partial charge in [0.15, 0.2) is 0 Å². The first kappa shape index (κ1) is 18.5. The lowest BCUT2D eigenvalue weighted by molar-refractivity contribution is -0.384. The van der Waals surface area contributed by atoms with Gasteiger partial charge in [0.1, 0.15) is 5.75 Å². The SMILES string of the molecule is O=c1c2ccccc2n2nc(Oc3ccccc3)nc2n1Cc1ccc([N+](=O)[O-])cc1. The van der Waals surface area contributed by atoms with Crippen molar-refractivity contribution in [3.8, 4) is 11.8 Å². The molecule has 0 amide bonds. The fourth-order valence-electron chi connectivity index (χ4n) is 3.38. The summed E-state index contributed by atoms with van der Waals surface area (Å²) in [5.74, 6) is 0.889. The Morgan fingerprint density at radius 2 is 1.65 bits per heavy atom. The van der Waals surface area contributed by atoms with Crippen LogP contribution in [0.25, 0.3) is 16.7 Å². The normalized spacial score (nSPS) is 11.1. The molecule has 3 aromatic carbocycles. The van der Waals surface area contributed by atoms with Gasteiger partial charge in [0.25, 0.3) is 11.2 Å². The summed E-state index contributed by atoms with van der Waals surface area (Å²) in [5, 5.41) is 15.8. The summed E-state index contributed by atoms with van der Waals surface area (Å²) in [5.41, 5.74) is 1.08. The van der Waals surface area contributed by atoms with E-state index in [1.807, 2.05) is 24.3 Å². The fourth-order valence-corrected chi connectivity index (χ4v) is 3.38. The van der Waals surface area contributed by atoms with Gasteiger partial charge in [-0.25, -0.2) is 0 Å². The van der Waals surface area contributed by atoms with Crippen LogP contribution in [0.5, 0.6) is 11.8 Å². The van der Waals surface area contributed by atoms with Crippen LogP contribution in [0.15, 0.2) is 83.7 Å². The quantitative estimate of drug-likeness (QED) is 0.321. The number of fused-ring (bicyclic) bond motifs is 3. The molecule has 0 unspecified atom stereocenters. The van der Waals surface area contributed by atoms with Gasteiger partial charge in [-0.05, 0) is 29.8 Å². The zero-order chi connectivity index (χ0) is 21.4. The first-order valence-corrected chi connectivity index (χ1v) is 9.45. The lowest BCUT2D eigenvalue weighted by Gasteiger charge is -2.09. The largest absolute Gasteiger partial charge is 0.423 e. The number of ether oxygens (including phenoxy) is 1. The minimum Gasteiger partial charge on any atom is -0.423 e. The average Bonchev–Trinajstić information content (AvgIpc) is 3.21. The Labute approximate surface area is 174 Å². The van der Waals surface area contributed by atoms with E-state index < -0.39 is 4.92 Å². The molecular formula is C22H15N5O4. The van der Waals surface area contributed by atoms with E-state index in [9.17, 15) is 14.9 Å². The van der Waals surface area contributed by atoms with E-state index in [0.717, 1.165) is 5.56 Å². The molecule has 0 spiro atoms. The molecule has 0 atom stereocenters. The molecule has 0 aliphatic heterocycles. The summed E-state index contributed by atoms with van der Waals surface area (Å²) < 4.78 is 8.82. The smallest absolute Gasteiger partial charge is 0.343 e. The molecular weight excluding hydrogens is 398 g/mol. The molecule has 0 aliphatic carbocycles. The van der Waals surface area contributed by atoms with Crippen molar-refractivity contribution in [2.45, 2.75) is 6.54 Å². The third-order valence-electron chi connectivity index (χ3n) is 4.86. The lowest BCUT2D eigenvalue weighted by Crippen LogP contribution is -2.24. The van der Waals surface area contributed by atoms with E-state index in [4.69, 9.17) is 4.74 Å². The maximum atomic E-state index is 13.2. The van der Waals surface area contributed by atoms with Crippen LogP contribution in [0.3, 0.4) is 0 Å². The number of nitro groups is 1. The van der Waals surface area contributed by atoms with Crippen molar-refractivity contribution in [3.05, 3.63) is 105 Å². The Balaban J connectivity index is 1.65. The van der Waals surface area contributed by atoms with E-state index in [0.29, 0.717) is 22.4 Å². The number of benzene rings is 3. The third-order valence-corrected chi connectivity index (χ3v) is 4.86. The summed E-state index contributed by atoms with van der Waals surface area (Å²) >= 11 is 0. The second-order valence-electron chi connectivity index (χ2n) is 6.85. The summed E-state index contributed by atoms with van der Waals surface area (Å²) in [7, 11) is 0. The van der Waals surface area contributed by atoms with Crippen molar-refractivity contribution in [3.63, 3.8) is 0 Å². The Bertz CT molecular complexity index is 1470. The second-order valence-corrected chi connectivity index (χ2v) is 6.85. The lowest BCUT2D eigenvalue weighted by atomic mass is 10.2. The Morgan fingerprint density at radius 3 is 2.39 bits per heavy atom. The topological polar surface area (TPSA) is 105 Å². The average molecular weight is 413 g/mol. The van der Waals surface area contributed by atoms with E-state index in [1.165, 1.54) is 16.7 Å². The van der Waals surface area contributed by atoms with Crippen molar-refractivity contribution < 1.29 is 9.66 Å². The summed E-state index contributed by atoms with van der Waals surface area (Å²) in [6.45, 7) is 0.175. The Kier molecular flexibility index (Phi) is 4.40. The first-order valence-electron chi connectivity index (χ1n) is 9.45. The highest BCUT2D eigenvalue weighted by molar-refractivity contribution is 5.79.